The van der Waals surface area contributed by atoms with Gasteiger partial charge in [-0.1, -0.05) is 11.8 Å². The minimum absolute atomic E-state index is 0.166. The summed E-state index contributed by atoms with van der Waals surface area (Å²) in [5.41, 5.74) is 0.166. The summed E-state index contributed by atoms with van der Waals surface area (Å²) in [5, 5.41) is 8.39. The van der Waals surface area contributed by atoms with Crippen molar-refractivity contribution < 1.29 is 23.0 Å². The number of hydrogen-bond donors (Lipinski definition) is 1. The van der Waals surface area contributed by atoms with Gasteiger partial charge < -0.3 is 9.84 Å². The molecule has 0 radical (unpaired) electrons. The smallest absolute Gasteiger partial charge is 0.387 e. The summed E-state index contributed by atoms with van der Waals surface area (Å²) in [5.74, 6) is 3.63. The topological polar surface area (TPSA) is 29.5 Å². The zero-order valence-electron chi connectivity index (χ0n) is 7.51. The Morgan fingerprint density at radius 1 is 1.33 bits per heavy atom. The van der Waals surface area contributed by atoms with Crippen LogP contribution in [0, 0.1) is 17.7 Å². The molecule has 0 heterocycles. The molecule has 15 heavy (non-hydrogen) atoms. The molecule has 0 atom stereocenters. The molecule has 1 aromatic rings. The average molecular weight is 216 g/mol. The summed E-state index contributed by atoms with van der Waals surface area (Å²) in [4.78, 5) is 0. The van der Waals surface area contributed by atoms with E-state index in [-0.39, 0.29) is 17.9 Å². The Kier molecular flexibility index (Phi) is 4.01. The lowest BCUT2D eigenvalue weighted by atomic mass is 10.2. The quantitative estimate of drug-likeness (QED) is 0.763. The van der Waals surface area contributed by atoms with E-state index >= 15 is 0 Å². The molecule has 0 bridgehead atoms. The fourth-order valence-electron chi connectivity index (χ4n) is 0.947. The summed E-state index contributed by atoms with van der Waals surface area (Å²) in [6.07, 6.45) is 0. The van der Waals surface area contributed by atoms with Gasteiger partial charge in [0, 0.05) is 11.6 Å². The Morgan fingerprint density at radius 3 is 2.67 bits per heavy atom. The van der Waals surface area contributed by atoms with E-state index in [1.54, 1.807) is 0 Å². The third kappa shape index (κ3) is 3.92. The third-order valence-corrected chi connectivity index (χ3v) is 1.41. The lowest BCUT2D eigenvalue weighted by Crippen LogP contribution is -2.02. The minimum atomic E-state index is -3.01. The predicted molar refractivity (Wildman–Crippen MR) is 47.0 cm³/mol. The molecule has 5 heteroatoms. The van der Waals surface area contributed by atoms with Crippen LogP contribution in [0.3, 0.4) is 0 Å². The number of aliphatic hydroxyl groups is 1. The molecule has 0 saturated carbocycles. The van der Waals surface area contributed by atoms with Crippen LogP contribution in [0.4, 0.5) is 13.2 Å². The molecule has 80 valence electrons. The van der Waals surface area contributed by atoms with Crippen molar-refractivity contribution in [1.29, 1.82) is 0 Å². The molecule has 0 spiro atoms. The van der Waals surface area contributed by atoms with E-state index in [0.717, 1.165) is 18.2 Å². The average Bonchev–Trinajstić information content (AvgIpc) is 2.12. The molecule has 1 aromatic carbocycles. The van der Waals surface area contributed by atoms with E-state index < -0.39 is 12.4 Å². The van der Waals surface area contributed by atoms with Crippen molar-refractivity contribution in [2.45, 2.75) is 6.61 Å². The van der Waals surface area contributed by atoms with Crippen LogP contribution in [0.2, 0.25) is 0 Å². The van der Waals surface area contributed by atoms with Gasteiger partial charge in [-0.2, -0.15) is 8.78 Å². The predicted octanol–water partition coefficient (Wildman–Crippen LogP) is 1.77. The van der Waals surface area contributed by atoms with E-state index in [9.17, 15) is 13.2 Å². The second kappa shape index (κ2) is 5.27. The fourth-order valence-corrected chi connectivity index (χ4v) is 0.947. The van der Waals surface area contributed by atoms with Crippen LogP contribution in [0.25, 0.3) is 0 Å². The van der Waals surface area contributed by atoms with Crippen molar-refractivity contribution in [2.75, 3.05) is 6.61 Å². The maximum atomic E-state index is 12.9. The van der Waals surface area contributed by atoms with E-state index in [0.29, 0.717) is 0 Å². The second-order valence-electron chi connectivity index (χ2n) is 2.51. The normalized spacial score (nSPS) is 9.67. The number of rotatable bonds is 2. The van der Waals surface area contributed by atoms with Gasteiger partial charge in [-0.25, -0.2) is 4.39 Å². The summed E-state index contributed by atoms with van der Waals surface area (Å²) in [7, 11) is 0. The molecule has 0 fully saturated rings. The second-order valence-corrected chi connectivity index (χ2v) is 2.51. The van der Waals surface area contributed by atoms with Crippen LogP contribution in [-0.2, 0) is 0 Å². The van der Waals surface area contributed by atoms with Gasteiger partial charge in [-0.05, 0) is 12.1 Å². The zero-order chi connectivity index (χ0) is 11.3. The van der Waals surface area contributed by atoms with Gasteiger partial charge in [0.05, 0.1) is 0 Å². The molecule has 1 N–H and O–H groups in total. The molecule has 0 unspecified atom stereocenters. The van der Waals surface area contributed by atoms with Crippen LogP contribution in [0.15, 0.2) is 18.2 Å². The molecule has 0 aliphatic heterocycles. The SMILES string of the molecule is OCC#Cc1cc(F)cc(OC(F)F)c1. The zero-order valence-corrected chi connectivity index (χ0v) is 7.51. The number of ether oxygens (including phenoxy) is 1. The molecular formula is C10H7F3O2. The van der Waals surface area contributed by atoms with Gasteiger partial charge in [0.2, 0.25) is 0 Å². The van der Waals surface area contributed by atoms with Crippen molar-refractivity contribution in [3.63, 3.8) is 0 Å². The maximum absolute atomic E-state index is 12.9. The highest BCUT2D eigenvalue weighted by molar-refractivity contribution is 5.40. The first-order valence-electron chi connectivity index (χ1n) is 3.97. The Morgan fingerprint density at radius 2 is 2.07 bits per heavy atom. The molecule has 2 nitrogen and oxygen atoms in total. The van der Waals surface area contributed by atoms with Crippen LogP contribution in [-0.4, -0.2) is 18.3 Å². The molecule has 0 amide bonds. The number of alkyl halides is 2. The van der Waals surface area contributed by atoms with Gasteiger partial charge in [-0.3, -0.25) is 0 Å². The lowest BCUT2D eigenvalue weighted by Gasteiger charge is -2.04. The van der Waals surface area contributed by atoms with Crippen molar-refractivity contribution in [1.82, 2.24) is 0 Å². The summed E-state index contributed by atoms with van der Waals surface area (Å²) >= 11 is 0. The van der Waals surface area contributed by atoms with Gasteiger partial charge in [0.25, 0.3) is 0 Å². The standard InChI is InChI=1S/C10H7F3O2/c11-8-4-7(2-1-3-14)5-9(6-8)15-10(12)13/h4-6,10,14H,3H2. The van der Waals surface area contributed by atoms with Crippen molar-refractivity contribution >= 4 is 0 Å². The largest absolute Gasteiger partial charge is 0.435 e. The number of benzene rings is 1. The first-order valence-corrected chi connectivity index (χ1v) is 3.97. The van der Waals surface area contributed by atoms with Gasteiger partial charge >= 0.3 is 6.61 Å². The van der Waals surface area contributed by atoms with E-state index in [1.165, 1.54) is 0 Å². The lowest BCUT2D eigenvalue weighted by molar-refractivity contribution is -0.0500. The van der Waals surface area contributed by atoms with Crippen molar-refractivity contribution in [3.05, 3.63) is 29.6 Å². The summed E-state index contributed by atoms with van der Waals surface area (Å²) in [6, 6.07) is 3.05. The van der Waals surface area contributed by atoms with E-state index in [1.807, 2.05) is 0 Å². The first-order chi connectivity index (χ1) is 7.11. The van der Waals surface area contributed by atoms with Crippen LogP contribution >= 0.6 is 0 Å². The number of hydrogen-bond acceptors (Lipinski definition) is 2. The van der Waals surface area contributed by atoms with E-state index in [4.69, 9.17) is 5.11 Å². The van der Waals surface area contributed by atoms with Crippen LogP contribution in [0.5, 0.6) is 5.75 Å². The molecule has 0 aromatic heterocycles. The molecular weight excluding hydrogens is 209 g/mol. The van der Waals surface area contributed by atoms with Crippen molar-refractivity contribution in [2.24, 2.45) is 0 Å². The minimum Gasteiger partial charge on any atom is -0.435 e. The monoisotopic (exact) mass is 216 g/mol. The number of halogens is 3. The van der Waals surface area contributed by atoms with Gasteiger partial charge in [0.1, 0.15) is 18.2 Å². The number of aliphatic hydroxyl groups excluding tert-OH is 1. The highest BCUT2D eigenvalue weighted by atomic mass is 19.3. The van der Waals surface area contributed by atoms with Crippen LogP contribution in [0.1, 0.15) is 5.56 Å². The Labute approximate surface area is 84.3 Å². The molecule has 0 saturated heterocycles. The Balaban J connectivity index is 2.94. The third-order valence-electron chi connectivity index (χ3n) is 1.41. The van der Waals surface area contributed by atoms with E-state index in [2.05, 4.69) is 16.6 Å². The van der Waals surface area contributed by atoms with Crippen molar-refractivity contribution in [3.8, 4) is 17.6 Å². The highest BCUT2D eigenvalue weighted by Gasteiger charge is 2.06. The molecule has 0 aliphatic carbocycles. The Bertz CT molecular complexity index is 393. The van der Waals surface area contributed by atoms with Gasteiger partial charge in [0.15, 0.2) is 0 Å². The van der Waals surface area contributed by atoms with Crippen LogP contribution < -0.4 is 4.74 Å². The maximum Gasteiger partial charge on any atom is 0.387 e. The molecule has 1 rings (SSSR count). The summed E-state index contributed by atoms with van der Waals surface area (Å²) < 4.78 is 40.5. The first kappa shape index (κ1) is 11.4. The summed E-state index contributed by atoms with van der Waals surface area (Å²) in [6.45, 7) is -3.40. The van der Waals surface area contributed by atoms with Gasteiger partial charge in [-0.15, -0.1) is 0 Å². The molecule has 0 aliphatic rings. The fraction of sp³-hybridized carbons (Fsp3) is 0.200. The highest BCUT2D eigenvalue weighted by Crippen LogP contribution is 2.17. The Hall–Kier alpha value is -1.67.